The summed E-state index contributed by atoms with van der Waals surface area (Å²) in [6, 6.07) is 8.28. The summed E-state index contributed by atoms with van der Waals surface area (Å²) >= 11 is 0. The van der Waals surface area contributed by atoms with Crippen LogP contribution in [0.4, 0.5) is 0 Å². The molecule has 1 aliphatic rings. The van der Waals surface area contributed by atoms with E-state index in [1.165, 1.54) is 0 Å². The predicted molar refractivity (Wildman–Crippen MR) is 66.6 cm³/mol. The van der Waals surface area contributed by atoms with Gasteiger partial charge in [0.15, 0.2) is 0 Å². The molecule has 0 unspecified atom stereocenters. The molecule has 2 rings (SSSR count). The van der Waals surface area contributed by atoms with Gasteiger partial charge in [0.1, 0.15) is 12.4 Å². The molecule has 1 aromatic rings. The zero-order valence-corrected chi connectivity index (χ0v) is 9.73. The molecule has 3 heteroatoms. The maximum atomic E-state index is 9.20. The van der Waals surface area contributed by atoms with Gasteiger partial charge in [0.2, 0.25) is 0 Å². The first kappa shape index (κ1) is 12.0. The molecule has 0 radical (unpaired) electrons. The monoisotopic (exact) mass is 231 g/mol. The number of para-hydroxylation sites is 1. The molecule has 0 saturated heterocycles. The Bertz CT molecular complexity index is 405. The van der Waals surface area contributed by atoms with Gasteiger partial charge in [-0.3, -0.25) is 0 Å². The van der Waals surface area contributed by atoms with Gasteiger partial charge in [-0.05, 0) is 18.9 Å². The Morgan fingerprint density at radius 2 is 2.18 bits per heavy atom. The first-order valence-corrected chi connectivity index (χ1v) is 5.85. The van der Waals surface area contributed by atoms with Crippen LogP contribution in [-0.2, 0) is 6.54 Å². The second-order valence-corrected chi connectivity index (χ2v) is 4.30. The summed E-state index contributed by atoms with van der Waals surface area (Å²) in [7, 11) is 0. The largest absolute Gasteiger partial charge is 0.481 e. The molecule has 0 amide bonds. The van der Waals surface area contributed by atoms with E-state index in [2.05, 4.69) is 11.2 Å². The fourth-order valence-corrected chi connectivity index (χ4v) is 1.92. The maximum absolute atomic E-state index is 9.20. The summed E-state index contributed by atoms with van der Waals surface area (Å²) in [5.74, 6) is 3.29. The lowest BCUT2D eigenvalue weighted by Crippen LogP contribution is -2.43. The van der Waals surface area contributed by atoms with E-state index in [9.17, 15) is 5.11 Å². The number of hydrogen-bond acceptors (Lipinski definition) is 3. The zero-order chi connectivity index (χ0) is 12.1. The first-order chi connectivity index (χ1) is 8.29. The SMILES string of the molecule is C#CCOc1ccccc1CNC1CC(O)C1. The Morgan fingerprint density at radius 3 is 2.88 bits per heavy atom. The van der Waals surface area contributed by atoms with Crippen molar-refractivity contribution >= 4 is 0 Å². The summed E-state index contributed by atoms with van der Waals surface area (Å²) in [6.07, 6.45) is 6.73. The number of aliphatic hydroxyl groups is 1. The lowest BCUT2D eigenvalue weighted by atomic mass is 9.89. The topological polar surface area (TPSA) is 41.5 Å². The van der Waals surface area contributed by atoms with Gasteiger partial charge in [0.05, 0.1) is 6.10 Å². The highest BCUT2D eigenvalue weighted by Crippen LogP contribution is 2.22. The number of rotatable bonds is 5. The number of benzene rings is 1. The smallest absolute Gasteiger partial charge is 0.148 e. The Balaban J connectivity index is 1.88. The predicted octanol–water partition coefficient (Wildman–Crippen LogP) is 1.31. The van der Waals surface area contributed by atoms with Gasteiger partial charge in [-0.25, -0.2) is 0 Å². The van der Waals surface area contributed by atoms with Gasteiger partial charge in [0.25, 0.3) is 0 Å². The van der Waals surface area contributed by atoms with Crippen LogP contribution < -0.4 is 10.1 Å². The average molecular weight is 231 g/mol. The molecular weight excluding hydrogens is 214 g/mol. The number of aliphatic hydroxyl groups excluding tert-OH is 1. The highest BCUT2D eigenvalue weighted by molar-refractivity contribution is 5.33. The molecule has 0 aromatic heterocycles. The normalized spacial score (nSPS) is 22.6. The highest BCUT2D eigenvalue weighted by atomic mass is 16.5. The number of terminal acetylenes is 1. The number of ether oxygens (including phenoxy) is 1. The Hall–Kier alpha value is -1.50. The van der Waals surface area contributed by atoms with E-state index in [4.69, 9.17) is 11.2 Å². The van der Waals surface area contributed by atoms with Crippen LogP contribution in [0.2, 0.25) is 0 Å². The van der Waals surface area contributed by atoms with Gasteiger partial charge in [-0.2, -0.15) is 0 Å². The minimum atomic E-state index is -0.125. The molecule has 0 heterocycles. The molecular formula is C14H17NO2. The van der Waals surface area contributed by atoms with Crippen LogP contribution in [0, 0.1) is 12.3 Å². The molecule has 1 fully saturated rings. The number of hydrogen-bond donors (Lipinski definition) is 2. The summed E-state index contributed by atoms with van der Waals surface area (Å²) in [4.78, 5) is 0. The van der Waals surface area contributed by atoms with Gasteiger partial charge in [-0.15, -0.1) is 6.42 Å². The summed E-state index contributed by atoms with van der Waals surface area (Å²) in [5.41, 5.74) is 1.10. The van der Waals surface area contributed by atoms with Crippen LogP contribution in [0.5, 0.6) is 5.75 Å². The van der Waals surface area contributed by atoms with E-state index in [1.54, 1.807) is 0 Å². The second kappa shape index (κ2) is 5.72. The summed E-state index contributed by atoms with van der Waals surface area (Å²) in [5, 5.41) is 12.6. The molecule has 90 valence electrons. The average Bonchev–Trinajstić information content (AvgIpc) is 2.31. The minimum absolute atomic E-state index is 0.125. The van der Waals surface area contributed by atoms with Crippen LogP contribution in [0.25, 0.3) is 0 Å². The Labute approximate surface area is 102 Å². The molecule has 0 aliphatic heterocycles. The van der Waals surface area contributed by atoms with Crippen molar-refractivity contribution in [2.45, 2.75) is 31.5 Å². The lowest BCUT2D eigenvalue weighted by Gasteiger charge is -2.32. The molecule has 0 atom stereocenters. The van der Waals surface area contributed by atoms with Crippen LogP contribution in [0.1, 0.15) is 18.4 Å². The van der Waals surface area contributed by atoms with Crippen LogP contribution in [0.15, 0.2) is 24.3 Å². The van der Waals surface area contributed by atoms with Crippen molar-refractivity contribution in [3.05, 3.63) is 29.8 Å². The van der Waals surface area contributed by atoms with Gasteiger partial charge >= 0.3 is 0 Å². The molecule has 2 N–H and O–H groups in total. The van der Waals surface area contributed by atoms with E-state index in [-0.39, 0.29) is 6.10 Å². The highest BCUT2D eigenvalue weighted by Gasteiger charge is 2.26. The number of nitrogens with one attached hydrogen (secondary N) is 1. The van der Waals surface area contributed by atoms with E-state index in [1.807, 2.05) is 24.3 Å². The van der Waals surface area contributed by atoms with Crippen molar-refractivity contribution in [2.24, 2.45) is 0 Å². The Kier molecular flexibility index (Phi) is 4.03. The van der Waals surface area contributed by atoms with Crippen LogP contribution >= 0.6 is 0 Å². The third-order valence-corrected chi connectivity index (χ3v) is 2.98. The zero-order valence-electron chi connectivity index (χ0n) is 9.73. The fraction of sp³-hybridized carbons (Fsp3) is 0.429. The van der Waals surface area contributed by atoms with Gasteiger partial charge in [-0.1, -0.05) is 24.1 Å². The standard InChI is InChI=1S/C14H17NO2/c1-2-7-17-14-6-4-3-5-11(14)10-15-12-8-13(16)9-12/h1,3-6,12-13,15-16H,7-10H2. The van der Waals surface area contributed by atoms with Crippen molar-refractivity contribution in [3.63, 3.8) is 0 Å². The molecule has 3 nitrogen and oxygen atoms in total. The first-order valence-electron chi connectivity index (χ1n) is 5.85. The summed E-state index contributed by atoms with van der Waals surface area (Å²) in [6.45, 7) is 1.04. The van der Waals surface area contributed by atoms with Crippen molar-refractivity contribution in [3.8, 4) is 18.1 Å². The van der Waals surface area contributed by atoms with Crippen molar-refractivity contribution in [2.75, 3.05) is 6.61 Å². The molecule has 1 saturated carbocycles. The third kappa shape index (κ3) is 3.23. The van der Waals surface area contributed by atoms with Gasteiger partial charge in [0, 0.05) is 18.2 Å². The maximum Gasteiger partial charge on any atom is 0.148 e. The van der Waals surface area contributed by atoms with E-state index in [0.717, 1.165) is 30.7 Å². The molecule has 17 heavy (non-hydrogen) atoms. The summed E-state index contributed by atoms with van der Waals surface area (Å²) < 4.78 is 5.47. The van der Waals surface area contributed by atoms with E-state index >= 15 is 0 Å². The molecule has 0 bridgehead atoms. The Morgan fingerprint density at radius 1 is 1.41 bits per heavy atom. The van der Waals surface area contributed by atoms with Gasteiger partial charge < -0.3 is 15.2 Å². The second-order valence-electron chi connectivity index (χ2n) is 4.30. The van der Waals surface area contributed by atoms with Crippen molar-refractivity contribution in [1.29, 1.82) is 0 Å². The minimum Gasteiger partial charge on any atom is -0.481 e. The fourth-order valence-electron chi connectivity index (χ4n) is 1.92. The van der Waals surface area contributed by atoms with E-state index in [0.29, 0.717) is 12.6 Å². The van der Waals surface area contributed by atoms with Crippen molar-refractivity contribution in [1.82, 2.24) is 5.32 Å². The lowest BCUT2D eigenvalue weighted by molar-refractivity contribution is 0.0618. The molecule has 1 aliphatic carbocycles. The van der Waals surface area contributed by atoms with Crippen molar-refractivity contribution < 1.29 is 9.84 Å². The van der Waals surface area contributed by atoms with Crippen LogP contribution in [0.3, 0.4) is 0 Å². The quantitative estimate of drug-likeness (QED) is 0.751. The molecule has 1 aromatic carbocycles. The molecule has 0 spiro atoms. The van der Waals surface area contributed by atoms with E-state index < -0.39 is 0 Å². The third-order valence-electron chi connectivity index (χ3n) is 2.98. The van der Waals surface area contributed by atoms with Crippen LogP contribution in [-0.4, -0.2) is 23.9 Å².